The molecule has 2 rings (SSSR count). The van der Waals surface area contributed by atoms with Crippen molar-refractivity contribution in [3.05, 3.63) is 52.3 Å². The van der Waals surface area contributed by atoms with Gasteiger partial charge in [-0.05, 0) is 52.7 Å². The number of carboxylic acids is 1. The van der Waals surface area contributed by atoms with Gasteiger partial charge < -0.3 is 5.11 Å². The summed E-state index contributed by atoms with van der Waals surface area (Å²) in [6.07, 6.45) is 2.97. The standard InChI is InChI=1S/C13H11BrN2O4S/c1-8-4-10(7-15-6-8)16-21(19,20)12-5-9(13(17)18)2-3-11(12)14/h2-7,16H,1H3,(H,17,18). The van der Waals surface area contributed by atoms with Crippen LogP contribution in [0.2, 0.25) is 0 Å². The second-order valence-corrected chi connectivity index (χ2v) is 6.81. The Morgan fingerprint density at radius 3 is 2.62 bits per heavy atom. The van der Waals surface area contributed by atoms with E-state index in [0.29, 0.717) is 5.69 Å². The Balaban J connectivity index is 2.44. The van der Waals surface area contributed by atoms with Crippen LogP contribution in [0, 0.1) is 6.92 Å². The molecule has 0 amide bonds. The molecule has 0 saturated carbocycles. The van der Waals surface area contributed by atoms with E-state index in [0.717, 1.165) is 11.6 Å². The maximum absolute atomic E-state index is 12.3. The Morgan fingerprint density at radius 1 is 1.29 bits per heavy atom. The van der Waals surface area contributed by atoms with Crippen LogP contribution in [0.5, 0.6) is 0 Å². The lowest BCUT2D eigenvalue weighted by Gasteiger charge is -2.10. The van der Waals surface area contributed by atoms with Crippen molar-refractivity contribution in [2.24, 2.45) is 0 Å². The number of sulfonamides is 1. The van der Waals surface area contributed by atoms with Crippen LogP contribution < -0.4 is 4.72 Å². The summed E-state index contributed by atoms with van der Waals surface area (Å²) in [5.74, 6) is -1.20. The fourth-order valence-corrected chi connectivity index (χ4v) is 3.69. The first-order valence-electron chi connectivity index (χ1n) is 5.77. The highest BCUT2D eigenvalue weighted by Gasteiger charge is 2.20. The van der Waals surface area contributed by atoms with Crippen LogP contribution in [-0.2, 0) is 10.0 Å². The Bertz CT molecular complexity index is 806. The van der Waals surface area contributed by atoms with E-state index in [2.05, 4.69) is 25.6 Å². The lowest BCUT2D eigenvalue weighted by atomic mass is 10.2. The van der Waals surface area contributed by atoms with E-state index in [9.17, 15) is 13.2 Å². The number of pyridine rings is 1. The molecule has 21 heavy (non-hydrogen) atoms. The van der Waals surface area contributed by atoms with E-state index < -0.39 is 16.0 Å². The molecule has 0 unspecified atom stereocenters. The van der Waals surface area contributed by atoms with Gasteiger partial charge in [-0.15, -0.1) is 0 Å². The molecule has 1 aromatic carbocycles. The van der Waals surface area contributed by atoms with E-state index in [1.165, 1.54) is 18.3 Å². The predicted octanol–water partition coefficient (Wildman–Crippen LogP) is 2.65. The van der Waals surface area contributed by atoms with Gasteiger partial charge in [0.2, 0.25) is 0 Å². The number of nitrogens with one attached hydrogen (secondary N) is 1. The number of aromatic carboxylic acids is 1. The van der Waals surface area contributed by atoms with Crippen molar-refractivity contribution in [2.75, 3.05) is 4.72 Å². The lowest BCUT2D eigenvalue weighted by molar-refractivity contribution is 0.0696. The predicted molar refractivity (Wildman–Crippen MR) is 80.9 cm³/mol. The summed E-state index contributed by atoms with van der Waals surface area (Å²) in [6.45, 7) is 1.78. The van der Waals surface area contributed by atoms with Gasteiger partial charge in [-0.2, -0.15) is 0 Å². The minimum absolute atomic E-state index is 0.110. The van der Waals surface area contributed by atoms with E-state index in [-0.39, 0.29) is 14.9 Å². The van der Waals surface area contributed by atoms with Crippen LogP contribution in [0.1, 0.15) is 15.9 Å². The summed E-state index contributed by atoms with van der Waals surface area (Å²) in [5, 5.41) is 8.95. The molecule has 1 aromatic heterocycles. The topological polar surface area (TPSA) is 96.4 Å². The molecule has 6 nitrogen and oxygen atoms in total. The van der Waals surface area contributed by atoms with Crippen molar-refractivity contribution in [2.45, 2.75) is 11.8 Å². The number of hydrogen-bond donors (Lipinski definition) is 2. The molecule has 0 bridgehead atoms. The smallest absolute Gasteiger partial charge is 0.335 e. The Kier molecular flexibility index (Phi) is 4.29. The number of anilines is 1. The number of rotatable bonds is 4. The van der Waals surface area contributed by atoms with Gasteiger partial charge in [0, 0.05) is 10.7 Å². The van der Waals surface area contributed by atoms with E-state index in [4.69, 9.17) is 5.11 Å². The fraction of sp³-hybridized carbons (Fsp3) is 0.0769. The average molecular weight is 371 g/mol. The minimum Gasteiger partial charge on any atom is -0.478 e. The molecule has 0 aliphatic heterocycles. The highest BCUT2D eigenvalue weighted by atomic mass is 79.9. The van der Waals surface area contributed by atoms with Crippen molar-refractivity contribution >= 4 is 37.6 Å². The highest BCUT2D eigenvalue weighted by molar-refractivity contribution is 9.10. The van der Waals surface area contributed by atoms with Gasteiger partial charge in [-0.25, -0.2) is 13.2 Å². The third kappa shape index (κ3) is 3.59. The number of carboxylic acid groups (broad SMARTS) is 1. The van der Waals surface area contributed by atoms with Crippen molar-refractivity contribution < 1.29 is 18.3 Å². The molecular formula is C13H11BrN2O4S. The number of aryl methyl sites for hydroxylation is 1. The van der Waals surface area contributed by atoms with Gasteiger partial charge in [0.15, 0.2) is 0 Å². The number of hydrogen-bond acceptors (Lipinski definition) is 4. The molecule has 0 radical (unpaired) electrons. The summed E-state index contributed by atoms with van der Waals surface area (Å²) < 4.78 is 27.3. The van der Waals surface area contributed by atoms with E-state index in [1.807, 2.05) is 0 Å². The number of halogens is 1. The fourth-order valence-electron chi connectivity index (χ4n) is 1.66. The molecule has 0 spiro atoms. The van der Waals surface area contributed by atoms with Crippen LogP contribution in [0.4, 0.5) is 5.69 Å². The number of aromatic nitrogens is 1. The average Bonchev–Trinajstić information content (AvgIpc) is 2.38. The number of nitrogens with zero attached hydrogens (tertiary/aromatic N) is 1. The number of benzene rings is 1. The Hall–Kier alpha value is -1.93. The summed E-state index contributed by atoms with van der Waals surface area (Å²) in [4.78, 5) is 14.7. The van der Waals surface area contributed by atoms with Crippen molar-refractivity contribution in [3.8, 4) is 0 Å². The maximum atomic E-state index is 12.3. The van der Waals surface area contributed by atoms with E-state index in [1.54, 1.807) is 19.2 Å². The zero-order valence-corrected chi connectivity index (χ0v) is 13.3. The first-order chi connectivity index (χ1) is 9.79. The van der Waals surface area contributed by atoms with Gasteiger partial charge >= 0.3 is 5.97 Å². The zero-order valence-electron chi connectivity index (χ0n) is 10.9. The normalized spacial score (nSPS) is 11.1. The van der Waals surface area contributed by atoms with Crippen LogP contribution in [0.3, 0.4) is 0 Å². The summed E-state index contributed by atoms with van der Waals surface area (Å²) in [6, 6.07) is 5.42. The zero-order chi connectivity index (χ0) is 15.6. The summed E-state index contributed by atoms with van der Waals surface area (Å²) in [5.41, 5.74) is 0.997. The van der Waals surface area contributed by atoms with Gasteiger partial charge in [0.05, 0.1) is 17.4 Å². The molecule has 0 fully saturated rings. The van der Waals surface area contributed by atoms with Gasteiger partial charge in [0.1, 0.15) is 4.90 Å². The molecule has 110 valence electrons. The Morgan fingerprint density at radius 2 is 2.00 bits per heavy atom. The largest absolute Gasteiger partial charge is 0.478 e. The molecule has 0 atom stereocenters. The second kappa shape index (κ2) is 5.82. The van der Waals surface area contributed by atoms with E-state index >= 15 is 0 Å². The Labute approximate surface area is 130 Å². The first kappa shape index (κ1) is 15.5. The summed E-state index contributed by atoms with van der Waals surface area (Å²) >= 11 is 3.12. The maximum Gasteiger partial charge on any atom is 0.335 e. The first-order valence-corrected chi connectivity index (χ1v) is 8.04. The molecule has 0 saturated heterocycles. The molecular weight excluding hydrogens is 360 g/mol. The van der Waals surface area contributed by atoms with Crippen LogP contribution in [0.25, 0.3) is 0 Å². The third-order valence-corrected chi connectivity index (χ3v) is 4.97. The lowest BCUT2D eigenvalue weighted by Crippen LogP contribution is -2.14. The van der Waals surface area contributed by atoms with Crippen LogP contribution in [0.15, 0.2) is 46.0 Å². The minimum atomic E-state index is -3.92. The van der Waals surface area contributed by atoms with Crippen molar-refractivity contribution in [1.29, 1.82) is 0 Å². The monoisotopic (exact) mass is 370 g/mol. The van der Waals surface area contributed by atoms with Crippen LogP contribution in [-0.4, -0.2) is 24.5 Å². The quantitative estimate of drug-likeness (QED) is 0.862. The highest BCUT2D eigenvalue weighted by Crippen LogP contribution is 2.25. The van der Waals surface area contributed by atoms with Crippen molar-refractivity contribution in [1.82, 2.24) is 4.98 Å². The third-order valence-electron chi connectivity index (χ3n) is 2.59. The van der Waals surface area contributed by atoms with Gasteiger partial charge in [-0.3, -0.25) is 9.71 Å². The molecule has 8 heteroatoms. The molecule has 1 heterocycles. The number of carbonyl (C=O) groups is 1. The van der Waals surface area contributed by atoms with Gasteiger partial charge in [-0.1, -0.05) is 0 Å². The molecule has 0 aliphatic rings. The molecule has 0 aliphatic carbocycles. The van der Waals surface area contributed by atoms with Crippen molar-refractivity contribution in [3.63, 3.8) is 0 Å². The summed E-state index contributed by atoms with van der Waals surface area (Å²) in [7, 11) is -3.92. The second-order valence-electron chi connectivity index (χ2n) is 4.31. The molecule has 2 N–H and O–H groups in total. The van der Waals surface area contributed by atoms with Crippen LogP contribution >= 0.6 is 15.9 Å². The van der Waals surface area contributed by atoms with Gasteiger partial charge in [0.25, 0.3) is 10.0 Å². The molecule has 2 aromatic rings. The SMILES string of the molecule is Cc1cncc(NS(=O)(=O)c2cc(C(=O)O)ccc2Br)c1.